The predicted molar refractivity (Wildman–Crippen MR) is 115 cm³/mol. The van der Waals surface area contributed by atoms with Crippen LogP contribution in [0, 0.1) is 0 Å². The monoisotopic (exact) mass is 384 g/mol. The summed E-state index contributed by atoms with van der Waals surface area (Å²) in [4.78, 5) is 16.4. The van der Waals surface area contributed by atoms with Crippen molar-refractivity contribution in [3.63, 3.8) is 0 Å². The fourth-order valence-corrected chi connectivity index (χ4v) is 4.11. The molecule has 0 N–H and O–H groups in total. The highest BCUT2D eigenvalue weighted by molar-refractivity contribution is 5.91. The van der Waals surface area contributed by atoms with E-state index in [0.29, 0.717) is 5.92 Å². The quantitative estimate of drug-likeness (QED) is 0.525. The fraction of sp³-hybridized carbons (Fsp3) is 0.304. The molecule has 6 nitrogen and oxygen atoms in total. The van der Waals surface area contributed by atoms with E-state index in [1.165, 1.54) is 5.56 Å². The first-order valence-electron chi connectivity index (χ1n) is 10.3. The van der Waals surface area contributed by atoms with E-state index in [-0.39, 0.29) is 0 Å². The second-order valence-electron chi connectivity index (χ2n) is 7.52. The summed E-state index contributed by atoms with van der Waals surface area (Å²) in [5, 5.41) is 5.56. The smallest absolute Gasteiger partial charge is 0.163 e. The summed E-state index contributed by atoms with van der Waals surface area (Å²) in [6, 6.07) is 12.2. The van der Waals surface area contributed by atoms with Crippen molar-refractivity contribution in [1.29, 1.82) is 0 Å². The van der Waals surface area contributed by atoms with Gasteiger partial charge in [0, 0.05) is 49.2 Å². The number of piperidine rings is 1. The van der Waals surface area contributed by atoms with E-state index >= 15 is 0 Å². The molecule has 0 radical (unpaired) electrons. The van der Waals surface area contributed by atoms with Gasteiger partial charge in [0.25, 0.3) is 0 Å². The van der Waals surface area contributed by atoms with Crippen molar-refractivity contribution in [2.45, 2.75) is 32.2 Å². The Labute approximate surface area is 170 Å². The number of fused-ring (bicyclic) bond motifs is 1. The zero-order chi connectivity index (χ0) is 19.6. The maximum absolute atomic E-state index is 4.97. The highest BCUT2D eigenvalue weighted by Gasteiger charge is 2.24. The normalized spacial score (nSPS) is 15.1. The lowest BCUT2D eigenvalue weighted by Crippen LogP contribution is -2.33. The van der Waals surface area contributed by atoms with Crippen LogP contribution in [-0.4, -0.2) is 37.8 Å². The predicted octanol–water partition coefficient (Wildman–Crippen LogP) is 4.29. The molecule has 0 saturated carbocycles. The molecule has 1 aliphatic heterocycles. The molecule has 3 aromatic heterocycles. The molecule has 6 heteroatoms. The Balaban J connectivity index is 1.45. The molecule has 0 aliphatic carbocycles. The van der Waals surface area contributed by atoms with Crippen LogP contribution in [0.25, 0.3) is 22.3 Å². The zero-order valence-corrected chi connectivity index (χ0v) is 16.6. The molecule has 0 spiro atoms. The van der Waals surface area contributed by atoms with Crippen LogP contribution in [0.15, 0.2) is 61.2 Å². The second-order valence-corrected chi connectivity index (χ2v) is 7.52. The van der Waals surface area contributed by atoms with Crippen LogP contribution >= 0.6 is 0 Å². The van der Waals surface area contributed by atoms with Gasteiger partial charge in [-0.15, -0.1) is 0 Å². The van der Waals surface area contributed by atoms with Gasteiger partial charge in [0.05, 0.1) is 11.7 Å². The highest BCUT2D eigenvalue weighted by atomic mass is 15.3. The zero-order valence-electron chi connectivity index (χ0n) is 16.6. The van der Waals surface area contributed by atoms with Crippen molar-refractivity contribution >= 4 is 16.7 Å². The van der Waals surface area contributed by atoms with Gasteiger partial charge in [0.2, 0.25) is 0 Å². The van der Waals surface area contributed by atoms with Crippen molar-refractivity contribution < 1.29 is 0 Å². The summed E-state index contributed by atoms with van der Waals surface area (Å²) >= 11 is 0. The number of hydrogen-bond acceptors (Lipinski definition) is 5. The maximum Gasteiger partial charge on any atom is 0.163 e. The van der Waals surface area contributed by atoms with Gasteiger partial charge >= 0.3 is 0 Å². The number of rotatable bonds is 4. The van der Waals surface area contributed by atoms with Gasteiger partial charge in [-0.05, 0) is 55.5 Å². The summed E-state index contributed by atoms with van der Waals surface area (Å²) in [5.41, 5.74) is 3.28. The number of pyridine rings is 1. The van der Waals surface area contributed by atoms with Crippen LogP contribution in [0.3, 0.4) is 0 Å². The Morgan fingerprint density at radius 1 is 1.00 bits per heavy atom. The minimum atomic E-state index is 0.567. The Hall–Kier alpha value is -3.28. The Morgan fingerprint density at radius 2 is 1.86 bits per heavy atom. The van der Waals surface area contributed by atoms with Crippen molar-refractivity contribution in [2.24, 2.45) is 0 Å². The third-order valence-electron chi connectivity index (χ3n) is 5.75. The first-order chi connectivity index (χ1) is 14.3. The molecule has 0 bridgehead atoms. The summed E-state index contributed by atoms with van der Waals surface area (Å²) < 4.78 is 2.01. The minimum absolute atomic E-state index is 0.567. The summed E-state index contributed by atoms with van der Waals surface area (Å²) in [7, 11) is 0. The lowest BCUT2D eigenvalue weighted by molar-refractivity contribution is 0.503. The van der Waals surface area contributed by atoms with E-state index in [4.69, 9.17) is 9.97 Å². The molecule has 4 heterocycles. The van der Waals surface area contributed by atoms with Crippen molar-refractivity contribution in [1.82, 2.24) is 24.7 Å². The van der Waals surface area contributed by atoms with E-state index < -0.39 is 0 Å². The van der Waals surface area contributed by atoms with Crippen LogP contribution in [-0.2, 0) is 6.54 Å². The van der Waals surface area contributed by atoms with Gasteiger partial charge < -0.3 is 4.90 Å². The topological polar surface area (TPSA) is 59.7 Å². The van der Waals surface area contributed by atoms with Gasteiger partial charge in [-0.1, -0.05) is 12.1 Å². The van der Waals surface area contributed by atoms with Gasteiger partial charge in [-0.3, -0.25) is 9.67 Å². The number of nitrogens with zero attached hydrogens (tertiary/aromatic N) is 6. The highest BCUT2D eigenvalue weighted by Crippen LogP contribution is 2.33. The number of hydrogen-bond donors (Lipinski definition) is 0. The van der Waals surface area contributed by atoms with Crippen LogP contribution in [0.2, 0.25) is 0 Å². The van der Waals surface area contributed by atoms with Crippen LogP contribution in [0.1, 0.15) is 31.2 Å². The van der Waals surface area contributed by atoms with E-state index in [1.54, 1.807) is 6.20 Å². The van der Waals surface area contributed by atoms with Crippen LogP contribution in [0.5, 0.6) is 0 Å². The number of aryl methyl sites for hydroxylation is 1. The molecular weight excluding hydrogens is 360 g/mol. The molecule has 5 rings (SSSR count). The number of anilines is 1. The van der Waals surface area contributed by atoms with E-state index in [1.807, 2.05) is 35.3 Å². The molecule has 0 amide bonds. The molecule has 0 unspecified atom stereocenters. The lowest BCUT2D eigenvalue weighted by Gasteiger charge is -2.33. The van der Waals surface area contributed by atoms with Crippen LogP contribution in [0.4, 0.5) is 5.82 Å². The Kier molecular flexibility index (Phi) is 4.68. The van der Waals surface area contributed by atoms with Crippen LogP contribution < -0.4 is 4.90 Å². The number of aromatic nitrogens is 5. The number of para-hydroxylation sites is 1. The van der Waals surface area contributed by atoms with Gasteiger partial charge in [0.1, 0.15) is 5.82 Å². The van der Waals surface area contributed by atoms with Crippen molar-refractivity contribution in [2.75, 3.05) is 18.0 Å². The van der Waals surface area contributed by atoms with Gasteiger partial charge in [-0.25, -0.2) is 9.97 Å². The first-order valence-corrected chi connectivity index (χ1v) is 10.3. The van der Waals surface area contributed by atoms with Gasteiger partial charge in [-0.2, -0.15) is 5.10 Å². The molecule has 0 atom stereocenters. The molecule has 1 fully saturated rings. The Morgan fingerprint density at radius 3 is 2.62 bits per heavy atom. The van der Waals surface area contributed by atoms with E-state index in [9.17, 15) is 0 Å². The lowest BCUT2D eigenvalue weighted by atomic mass is 9.91. The standard InChI is InChI=1S/C23H24N6/c1-2-29-16-19(15-25-29)17-9-12-28(13-10-17)23-20-7-3-4-8-21(20)26-22(27-23)18-6-5-11-24-14-18/h3-8,11,14-17H,2,9-10,12-13H2,1H3. The molecular formula is C23H24N6. The average molecular weight is 384 g/mol. The van der Waals surface area contributed by atoms with E-state index in [0.717, 1.165) is 60.6 Å². The molecule has 4 aromatic rings. The molecule has 1 aliphatic rings. The number of benzene rings is 1. The van der Waals surface area contributed by atoms with Crippen molar-refractivity contribution in [3.05, 3.63) is 66.7 Å². The average Bonchev–Trinajstić information content (AvgIpc) is 3.28. The van der Waals surface area contributed by atoms with Crippen molar-refractivity contribution in [3.8, 4) is 11.4 Å². The molecule has 1 aromatic carbocycles. The van der Waals surface area contributed by atoms with E-state index in [2.05, 4.69) is 46.3 Å². The largest absolute Gasteiger partial charge is 0.356 e. The first kappa shape index (κ1) is 17.8. The summed E-state index contributed by atoms with van der Waals surface area (Å²) in [6.45, 7) is 5.01. The Bertz CT molecular complexity index is 1110. The maximum atomic E-state index is 4.97. The molecule has 1 saturated heterocycles. The minimum Gasteiger partial charge on any atom is -0.356 e. The van der Waals surface area contributed by atoms with Gasteiger partial charge in [0.15, 0.2) is 5.82 Å². The summed E-state index contributed by atoms with van der Waals surface area (Å²) in [6.07, 6.45) is 10.0. The fourth-order valence-electron chi connectivity index (χ4n) is 4.11. The SMILES string of the molecule is CCn1cc(C2CCN(c3nc(-c4cccnc4)nc4ccccc34)CC2)cn1. The third kappa shape index (κ3) is 3.46. The summed E-state index contributed by atoms with van der Waals surface area (Å²) in [5.74, 6) is 2.33. The molecule has 29 heavy (non-hydrogen) atoms. The third-order valence-corrected chi connectivity index (χ3v) is 5.75. The second kappa shape index (κ2) is 7.62. The molecule has 146 valence electrons.